The molecule has 12 heteroatoms. The number of anilines is 6. The van der Waals surface area contributed by atoms with Crippen molar-refractivity contribution in [3.05, 3.63) is 54.6 Å². The summed E-state index contributed by atoms with van der Waals surface area (Å²) >= 11 is 0. The molecule has 168 valence electrons. The summed E-state index contributed by atoms with van der Waals surface area (Å²) in [6, 6.07) is 13.6. The van der Waals surface area contributed by atoms with Crippen molar-refractivity contribution in [2.24, 2.45) is 0 Å². The van der Waals surface area contributed by atoms with Crippen LogP contribution in [0.4, 0.5) is 34.4 Å². The van der Waals surface area contributed by atoms with E-state index in [1.807, 2.05) is 68.5 Å². The number of carbonyl (C=O) groups is 1. The van der Waals surface area contributed by atoms with Crippen molar-refractivity contribution in [3.8, 4) is 0 Å². The Balaban J connectivity index is 0.00000289. The first-order chi connectivity index (χ1) is 15.4. The number of nitrogens with zero attached hydrogens (tertiary/aromatic N) is 4. The average molecular weight is 480 g/mol. The van der Waals surface area contributed by atoms with Crippen molar-refractivity contribution in [1.82, 2.24) is 20.3 Å². The Kier molecular flexibility index (Phi) is 13.4. The molecule has 34 heavy (non-hydrogen) atoms. The van der Waals surface area contributed by atoms with Crippen molar-refractivity contribution >= 4 is 40.4 Å². The summed E-state index contributed by atoms with van der Waals surface area (Å²) < 4.78 is 0. The van der Waals surface area contributed by atoms with Gasteiger partial charge in [0.1, 0.15) is 5.95 Å². The molecule has 1 heterocycles. The first kappa shape index (κ1) is 30.1. The maximum Gasteiger partial charge on any atom is 1.00 e. The summed E-state index contributed by atoms with van der Waals surface area (Å²) in [6.07, 6.45) is 2.54. The van der Waals surface area contributed by atoms with E-state index in [2.05, 4.69) is 42.5 Å². The maximum absolute atomic E-state index is 10.7. The topological polar surface area (TPSA) is 130 Å². The average Bonchev–Trinajstić information content (AvgIpc) is 2.75. The van der Waals surface area contributed by atoms with Crippen molar-refractivity contribution in [2.75, 3.05) is 48.5 Å². The predicted molar refractivity (Wildman–Crippen MR) is 123 cm³/mol. The first-order valence-electron chi connectivity index (χ1n) is 10.1. The predicted octanol–water partition coefficient (Wildman–Crippen LogP) is -4.50. The van der Waals surface area contributed by atoms with Gasteiger partial charge in [-0.3, -0.25) is 0 Å². The van der Waals surface area contributed by atoms with Crippen LogP contribution in [0.15, 0.2) is 42.5 Å². The molecule has 0 atom stereocenters. The van der Waals surface area contributed by atoms with Crippen molar-refractivity contribution in [3.63, 3.8) is 0 Å². The van der Waals surface area contributed by atoms with E-state index in [0.29, 0.717) is 18.3 Å². The molecule has 0 aliphatic heterocycles. The van der Waals surface area contributed by atoms with E-state index in [9.17, 15) is 9.90 Å². The number of nitrogens with one attached hydrogen (secondary N) is 4. The Hall–Kier alpha value is -1.92. The Bertz CT molecular complexity index is 1070. The van der Waals surface area contributed by atoms with Gasteiger partial charge in [0, 0.05) is 68.8 Å². The van der Waals surface area contributed by atoms with Crippen LogP contribution >= 0.6 is 0 Å². The number of carbonyl (C=O) groups excluding carboxylic acids is 1. The molecule has 3 rings (SSSR count). The Labute approximate surface area is 244 Å². The maximum atomic E-state index is 10.7. The number of para-hydroxylation sites is 2. The van der Waals surface area contributed by atoms with E-state index >= 15 is 0 Å². The van der Waals surface area contributed by atoms with Gasteiger partial charge in [-0.25, -0.2) is 0 Å². The molecule has 0 aliphatic carbocycles. The standard InChI is InChI=1S/C22H27N8O2.2Na/c1-23-13-20-25-14-26-22(29-20)28-19-7-5-4-6-18(19)27-16-10-15(24-9-8-21(31)32)11-17(12-16)30(2)3;;/h4-7,10-12,23-24,27H,8-9,13H2,1-3H3,(H,31,32)(H,25,26,28,29);;/q-1;2*+1/p-1. The number of hydrogen-bond donors (Lipinski definition) is 4. The molecule has 0 bridgehead atoms. The quantitative estimate of drug-likeness (QED) is 0.157. The second-order valence-electron chi connectivity index (χ2n) is 7.21. The number of carboxylic acid groups (broad SMARTS) is 1. The van der Waals surface area contributed by atoms with Gasteiger partial charge >= 0.3 is 59.1 Å². The molecule has 0 radical (unpaired) electrons. The minimum absolute atomic E-state index is 0. The third-order valence-corrected chi connectivity index (χ3v) is 4.45. The molecule has 0 fully saturated rings. The SMILES string of the molecule is CNCc1n[c-]nc(Nc2ccccc2Nc2cc(NCCC(=O)[O-])cc(N(C)C)c2)n1.[Na+].[Na+]. The second-order valence-corrected chi connectivity index (χ2v) is 7.21. The largest absolute Gasteiger partial charge is 1.00 e. The van der Waals surface area contributed by atoms with Gasteiger partial charge in [-0.1, -0.05) is 12.1 Å². The number of aromatic nitrogens is 3. The van der Waals surface area contributed by atoms with E-state index in [0.717, 1.165) is 28.4 Å². The van der Waals surface area contributed by atoms with Gasteiger partial charge in [-0.15, -0.1) is 0 Å². The van der Waals surface area contributed by atoms with Crippen molar-refractivity contribution in [2.45, 2.75) is 13.0 Å². The fourth-order valence-corrected chi connectivity index (χ4v) is 2.92. The summed E-state index contributed by atoms with van der Waals surface area (Å²) in [4.78, 5) is 25.2. The molecular formula is C22H26N8Na2O2. The van der Waals surface area contributed by atoms with Gasteiger partial charge in [-0.05, 0) is 37.4 Å². The molecule has 1 aromatic heterocycles. The summed E-state index contributed by atoms with van der Waals surface area (Å²) in [7, 11) is 5.71. The van der Waals surface area contributed by atoms with Crippen LogP contribution in [0.25, 0.3) is 0 Å². The zero-order chi connectivity index (χ0) is 22.9. The summed E-state index contributed by atoms with van der Waals surface area (Å²) in [5, 5.41) is 23.5. The van der Waals surface area contributed by atoms with Crippen LogP contribution in [-0.4, -0.2) is 48.6 Å². The summed E-state index contributed by atoms with van der Waals surface area (Å²) in [6.45, 7) is 0.792. The third-order valence-electron chi connectivity index (χ3n) is 4.45. The molecular weight excluding hydrogens is 454 g/mol. The Morgan fingerprint density at radius 3 is 2.35 bits per heavy atom. The number of rotatable bonds is 11. The third kappa shape index (κ3) is 9.38. The molecule has 10 nitrogen and oxygen atoms in total. The van der Waals surface area contributed by atoms with Gasteiger partial charge < -0.3 is 51.0 Å². The van der Waals surface area contributed by atoms with E-state index in [4.69, 9.17) is 0 Å². The van der Waals surface area contributed by atoms with Gasteiger partial charge in [0.2, 0.25) is 0 Å². The summed E-state index contributed by atoms with van der Waals surface area (Å²) in [5.74, 6) is -0.111. The molecule has 2 aromatic carbocycles. The van der Waals surface area contributed by atoms with E-state index in [1.54, 1.807) is 0 Å². The van der Waals surface area contributed by atoms with E-state index < -0.39 is 5.97 Å². The Morgan fingerprint density at radius 1 is 1.03 bits per heavy atom. The smallest absolute Gasteiger partial charge is 0.550 e. The zero-order valence-corrected chi connectivity index (χ0v) is 24.3. The molecule has 0 amide bonds. The Morgan fingerprint density at radius 2 is 1.71 bits per heavy atom. The summed E-state index contributed by atoms with van der Waals surface area (Å²) in [5.41, 5.74) is 4.19. The number of aliphatic carboxylic acids is 1. The van der Waals surface area contributed by atoms with Crippen LogP contribution in [0.3, 0.4) is 0 Å². The molecule has 0 unspecified atom stereocenters. The fourth-order valence-electron chi connectivity index (χ4n) is 2.92. The van der Waals surface area contributed by atoms with Crippen LogP contribution < -0.4 is 90.4 Å². The number of hydrogen-bond acceptors (Lipinski definition) is 10. The molecule has 0 spiro atoms. The van der Waals surface area contributed by atoms with Crippen LogP contribution in [0.2, 0.25) is 0 Å². The van der Waals surface area contributed by atoms with Crippen molar-refractivity contribution < 1.29 is 69.0 Å². The second kappa shape index (κ2) is 15.2. The molecule has 0 saturated heterocycles. The van der Waals surface area contributed by atoms with Crippen molar-refractivity contribution in [1.29, 1.82) is 0 Å². The van der Waals surface area contributed by atoms with Gasteiger partial charge in [0.05, 0.1) is 11.4 Å². The monoisotopic (exact) mass is 480 g/mol. The number of benzene rings is 2. The minimum Gasteiger partial charge on any atom is -0.550 e. The van der Waals surface area contributed by atoms with Gasteiger partial charge in [0.15, 0.2) is 0 Å². The molecule has 4 N–H and O–H groups in total. The fraction of sp³-hybridized carbons (Fsp3) is 0.273. The van der Waals surface area contributed by atoms with Crippen LogP contribution in [-0.2, 0) is 11.3 Å². The first-order valence-corrected chi connectivity index (χ1v) is 10.1. The molecule has 3 aromatic rings. The zero-order valence-electron chi connectivity index (χ0n) is 20.3. The van der Waals surface area contributed by atoms with Gasteiger partial charge in [-0.2, -0.15) is 0 Å². The van der Waals surface area contributed by atoms with Crippen LogP contribution in [0, 0.1) is 6.33 Å². The molecule has 0 saturated carbocycles. The normalized spacial score (nSPS) is 9.85. The van der Waals surface area contributed by atoms with E-state index in [-0.39, 0.29) is 72.1 Å². The van der Waals surface area contributed by atoms with Gasteiger partial charge in [0.25, 0.3) is 0 Å². The minimum atomic E-state index is -1.09. The van der Waals surface area contributed by atoms with Crippen LogP contribution in [0.5, 0.6) is 0 Å². The molecule has 0 aliphatic rings. The van der Waals surface area contributed by atoms with E-state index in [1.165, 1.54) is 0 Å². The van der Waals surface area contributed by atoms with Crippen LogP contribution in [0.1, 0.15) is 12.2 Å². The number of carboxylic acids is 1.